The summed E-state index contributed by atoms with van der Waals surface area (Å²) in [6.45, 7) is 6.80. The van der Waals surface area contributed by atoms with E-state index in [-0.39, 0.29) is 17.2 Å². The Morgan fingerprint density at radius 2 is 1.90 bits per heavy atom. The maximum atomic E-state index is 13.0. The van der Waals surface area contributed by atoms with Gasteiger partial charge in [0.05, 0.1) is 16.7 Å². The molecule has 5 nitrogen and oxygen atoms in total. The Balaban J connectivity index is 1.77. The van der Waals surface area contributed by atoms with Crippen LogP contribution in [0.4, 0.5) is 5.69 Å². The van der Waals surface area contributed by atoms with Gasteiger partial charge in [-0.15, -0.1) is 0 Å². The van der Waals surface area contributed by atoms with Gasteiger partial charge in [0.25, 0.3) is 5.56 Å². The zero-order valence-electron chi connectivity index (χ0n) is 17.9. The molecule has 0 aliphatic rings. The number of nitrogens with zero attached hydrogens (tertiary/aromatic N) is 2. The van der Waals surface area contributed by atoms with Crippen molar-refractivity contribution < 1.29 is 4.79 Å². The number of benzene rings is 2. The highest BCUT2D eigenvalue weighted by atomic mass is 32.2. The van der Waals surface area contributed by atoms with Crippen molar-refractivity contribution in [1.29, 1.82) is 0 Å². The highest BCUT2D eigenvalue weighted by Gasteiger charge is 2.13. The van der Waals surface area contributed by atoms with E-state index in [1.54, 1.807) is 4.57 Å². The maximum Gasteiger partial charge on any atom is 0.262 e. The fourth-order valence-corrected chi connectivity index (χ4v) is 4.25. The molecule has 0 radical (unpaired) electrons. The van der Waals surface area contributed by atoms with Crippen molar-refractivity contribution in [2.45, 2.75) is 58.2 Å². The predicted octanol–water partition coefficient (Wildman–Crippen LogP) is 5.32. The molecular weight excluding hydrogens is 394 g/mol. The second kappa shape index (κ2) is 10.4. The molecule has 6 heteroatoms. The van der Waals surface area contributed by atoms with Gasteiger partial charge in [-0.1, -0.05) is 67.8 Å². The van der Waals surface area contributed by atoms with Crippen molar-refractivity contribution in [3.8, 4) is 0 Å². The third kappa shape index (κ3) is 5.51. The molecule has 0 saturated carbocycles. The molecule has 0 bridgehead atoms. The van der Waals surface area contributed by atoms with Crippen LogP contribution in [0.1, 0.15) is 43.7 Å². The number of anilines is 1. The van der Waals surface area contributed by atoms with E-state index in [2.05, 4.69) is 17.2 Å². The first kappa shape index (κ1) is 22.1. The number of carbonyl (C=O) groups is 1. The highest BCUT2D eigenvalue weighted by Crippen LogP contribution is 2.20. The number of fused-ring (bicyclic) bond motifs is 1. The van der Waals surface area contributed by atoms with E-state index in [1.807, 2.05) is 56.3 Å². The molecule has 1 N–H and O–H groups in total. The van der Waals surface area contributed by atoms with Crippen molar-refractivity contribution in [3.63, 3.8) is 0 Å². The van der Waals surface area contributed by atoms with Gasteiger partial charge in [0.2, 0.25) is 5.91 Å². The average Bonchev–Trinajstić information content (AvgIpc) is 2.73. The van der Waals surface area contributed by atoms with Crippen LogP contribution in [-0.4, -0.2) is 21.2 Å². The third-order valence-electron chi connectivity index (χ3n) is 5.05. The lowest BCUT2D eigenvalue weighted by Crippen LogP contribution is -2.24. The second-order valence-corrected chi connectivity index (χ2v) is 8.53. The fourth-order valence-electron chi connectivity index (χ4n) is 3.42. The summed E-state index contributed by atoms with van der Waals surface area (Å²) in [6.07, 6.45) is 4.30. The maximum absolute atomic E-state index is 13.0. The Labute approximate surface area is 181 Å². The van der Waals surface area contributed by atoms with Gasteiger partial charge >= 0.3 is 0 Å². The van der Waals surface area contributed by atoms with Crippen LogP contribution >= 0.6 is 11.8 Å². The number of aryl methyl sites for hydroxylation is 2. The van der Waals surface area contributed by atoms with E-state index >= 15 is 0 Å². The van der Waals surface area contributed by atoms with E-state index in [4.69, 9.17) is 0 Å². The Bertz CT molecular complexity index is 1090. The number of carbonyl (C=O) groups excluding carboxylic acids is 1. The molecule has 0 unspecified atom stereocenters. The standard InChI is InChI=1S/C24H29N3O2S/c1-4-5-6-9-14-27-23(29)19-10-7-8-11-21(19)26-24(27)30-16-22(28)25-20-13-12-17(2)15-18(20)3/h7-8,10-13,15H,4-6,9,14,16H2,1-3H3,(H,25,28). The van der Waals surface area contributed by atoms with E-state index in [0.717, 1.165) is 42.5 Å². The van der Waals surface area contributed by atoms with Gasteiger partial charge < -0.3 is 5.32 Å². The Kier molecular flexibility index (Phi) is 7.69. The molecule has 0 saturated heterocycles. The smallest absolute Gasteiger partial charge is 0.262 e. The van der Waals surface area contributed by atoms with Crippen LogP contribution in [0.2, 0.25) is 0 Å². The van der Waals surface area contributed by atoms with E-state index in [0.29, 0.717) is 22.6 Å². The summed E-state index contributed by atoms with van der Waals surface area (Å²) in [5.41, 5.74) is 3.64. The number of para-hydroxylation sites is 1. The zero-order valence-corrected chi connectivity index (χ0v) is 18.7. The molecule has 30 heavy (non-hydrogen) atoms. The molecule has 0 aliphatic carbocycles. The summed E-state index contributed by atoms with van der Waals surface area (Å²) in [5.74, 6) is 0.0967. The van der Waals surface area contributed by atoms with Crippen molar-refractivity contribution in [2.24, 2.45) is 0 Å². The lowest BCUT2D eigenvalue weighted by molar-refractivity contribution is -0.113. The van der Waals surface area contributed by atoms with Crippen LogP contribution in [0.5, 0.6) is 0 Å². The first-order chi connectivity index (χ1) is 14.5. The number of rotatable bonds is 9. The number of thioether (sulfide) groups is 1. The van der Waals surface area contributed by atoms with E-state index in [1.165, 1.54) is 11.8 Å². The van der Waals surface area contributed by atoms with Crippen LogP contribution < -0.4 is 10.9 Å². The van der Waals surface area contributed by atoms with Crippen molar-refractivity contribution in [1.82, 2.24) is 9.55 Å². The van der Waals surface area contributed by atoms with E-state index < -0.39 is 0 Å². The molecule has 158 valence electrons. The normalized spacial score (nSPS) is 11.0. The van der Waals surface area contributed by atoms with Gasteiger partial charge in [-0.05, 0) is 44.0 Å². The van der Waals surface area contributed by atoms with Gasteiger partial charge in [0.15, 0.2) is 5.16 Å². The molecule has 0 atom stereocenters. The molecule has 0 fully saturated rings. The van der Waals surface area contributed by atoms with Crippen LogP contribution in [0.15, 0.2) is 52.4 Å². The van der Waals surface area contributed by atoms with Crippen molar-refractivity contribution in [3.05, 3.63) is 63.9 Å². The van der Waals surface area contributed by atoms with Gasteiger partial charge in [-0.2, -0.15) is 0 Å². The molecule has 1 aromatic heterocycles. The summed E-state index contributed by atoms with van der Waals surface area (Å²) in [5, 5.41) is 4.19. The molecular formula is C24H29N3O2S. The Morgan fingerprint density at radius 1 is 1.10 bits per heavy atom. The SMILES string of the molecule is CCCCCCn1c(SCC(=O)Nc2ccc(C)cc2C)nc2ccccc2c1=O. The summed E-state index contributed by atoms with van der Waals surface area (Å²) < 4.78 is 1.73. The first-order valence-corrected chi connectivity index (χ1v) is 11.5. The van der Waals surface area contributed by atoms with Crippen molar-refractivity contribution in [2.75, 3.05) is 11.1 Å². The zero-order chi connectivity index (χ0) is 21.5. The van der Waals surface area contributed by atoms with Gasteiger partial charge in [-0.3, -0.25) is 14.2 Å². The monoisotopic (exact) mass is 423 g/mol. The van der Waals surface area contributed by atoms with Crippen LogP contribution in [0.25, 0.3) is 10.9 Å². The predicted molar refractivity (Wildman–Crippen MR) is 125 cm³/mol. The molecule has 1 amide bonds. The third-order valence-corrected chi connectivity index (χ3v) is 6.03. The topological polar surface area (TPSA) is 64.0 Å². The summed E-state index contributed by atoms with van der Waals surface area (Å²) in [4.78, 5) is 30.3. The number of nitrogens with one attached hydrogen (secondary N) is 1. The quantitative estimate of drug-likeness (QED) is 0.287. The van der Waals surface area contributed by atoms with Gasteiger partial charge in [0, 0.05) is 12.2 Å². The Hall–Kier alpha value is -2.60. The van der Waals surface area contributed by atoms with Crippen molar-refractivity contribution >= 4 is 34.3 Å². The summed E-state index contributed by atoms with van der Waals surface area (Å²) >= 11 is 1.32. The minimum Gasteiger partial charge on any atom is -0.325 e. The molecule has 1 heterocycles. The molecule has 3 rings (SSSR count). The van der Waals surface area contributed by atoms with Crippen LogP contribution in [0, 0.1) is 13.8 Å². The molecule has 0 aliphatic heterocycles. The van der Waals surface area contributed by atoms with Gasteiger partial charge in [-0.25, -0.2) is 4.98 Å². The number of hydrogen-bond donors (Lipinski definition) is 1. The molecule has 0 spiro atoms. The summed E-state index contributed by atoms with van der Waals surface area (Å²) in [7, 11) is 0. The lowest BCUT2D eigenvalue weighted by Gasteiger charge is -2.13. The fraction of sp³-hybridized carbons (Fsp3) is 0.375. The van der Waals surface area contributed by atoms with Gasteiger partial charge in [0.1, 0.15) is 0 Å². The van der Waals surface area contributed by atoms with E-state index in [9.17, 15) is 9.59 Å². The largest absolute Gasteiger partial charge is 0.325 e. The Morgan fingerprint density at radius 3 is 2.67 bits per heavy atom. The minimum absolute atomic E-state index is 0.0330. The summed E-state index contributed by atoms with van der Waals surface area (Å²) in [6, 6.07) is 13.3. The minimum atomic E-state index is -0.105. The number of aromatic nitrogens is 2. The molecule has 3 aromatic rings. The number of hydrogen-bond acceptors (Lipinski definition) is 4. The average molecular weight is 424 g/mol. The molecule has 2 aromatic carbocycles. The second-order valence-electron chi connectivity index (χ2n) is 7.58. The van der Waals surface area contributed by atoms with Crippen LogP contribution in [0.3, 0.4) is 0 Å². The van der Waals surface area contributed by atoms with Crippen LogP contribution in [-0.2, 0) is 11.3 Å². The first-order valence-electron chi connectivity index (χ1n) is 10.5. The number of unbranched alkanes of at least 4 members (excludes halogenated alkanes) is 3. The number of amides is 1. The highest BCUT2D eigenvalue weighted by molar-refractivity contribution is 7.99. The lowest BCUT2D eigenvalue weighted by atomic mass is 10.1.